The van der Waals surface area contributed by atoms with Crippen LogP contribution in [0.5, 0.6) is 0 Å². The molecule has 1 aliphatic heterocycles. The Morgan fingerprint density at radius 3 is 2.88 bits per heavy atom. The van der Waals surface area contributed by atoms with Crippen molar-refractivity contribution in [2.75, 3.05) is 11.9 Å². The Kier molecular flexibility index (Phi) is 5.44. The highest BCUT2D eigenvalue weighted by Gasteiger charge is 2.20. The summed E-state index contributed by atoms with van der Waals surface area (Å²) in [5.41, 5.74) is 3.82. The SMILES string of the molecule is C=C(Cl)/C=C(\C(=C)F)c1nc2c(c(Nc3ccncc3C)n1)CCNC2. The Morgan fingerprint density at radius 1 is 1.38 bits per heavy atom. The molecule has 0 bridgehead atoms. The second-order valence-electron chi connectivity index (χ2n) is 5.97. The molecule has 1 aliphatic rings. The number of hydrogen-bond donors (Lipinski definition) is 2. The number of anilines is 2. The summed E-state index contributed by atoms with van der Waals surface area (Å²) >= 11 is 5.83. The number of allylic oxidation sites excluding steroid dienone is 4. The van der Waals surface area contributed by atoms with Gasteiger partial charge in [-0.25, -0.2) is 14.4 Å². The number of rotatable bonds is 5. The summed E-state index contributed by atoms with van der Waals surface area (Å²) < 4.78 is 14.0. The van der Waals surface area contributed by atoms with Gasteiger partial charge in [-0.1, -0.05) is 24.8 Å². The Hall–Kier alpha value is -2.57. The van der Waals surface area contributed by atoms with Crippen LogP contribution in [-0.4, -0.2) is 21.5 Å². The van der Waals surface area contributed by atoms with Crippen molar-refractivity contribution in [1.29, 1.82) is 0 Å². The largest absolute Gasteiger partial charge is 0.340 e. The minimum atomic E-state index is -0.665. The third kappa shape index (κ3) is 3.98. The van der Waals surface area contributed by atoms with Crippen LogP contribution in [0.25, 0.3) is 5.57 Å². The summed E-state index contributed by atoms with van der Waals surface area (Å²) in [7, 11) is 0. The molecule has 0 aliphatic carbocycles. The quantitative estimate of drug-likeness (QED) is 0.772. The zero-order chi connectivity index (χ0) is 18.7. The second kappa shape index (κ2) is 7.76. The van der Waals surface area contributed by atoms with Gasteiger partial charge in [0.1, 0.15) is 11.6 Å². The van der Waals surface area contributed by atoms with Gasteiger partial charge >= 0.3 is 0 Å². The smallest absolute Gasteiger partial charge is 0.164 e. The monoisotopic (exact) mass is 371 g/mol. The summed E-state index contributed by atoms with van der Waals surface area (Å²) in [6.07, 6.45) is 5.63. The topological polar surface area (TPSA) is 62.7 Å². The van der Waals surface area contributed by atoms with Crippen molar-refractivity contribution < 1.29 is 4.39 Å². The van der Waals surface area contributed by atoms with Crippen molar-refractivity contribution in [1.82, 2.24) is 20.3 Å². The summed E-state index contributed by atoms with van der Waals surface area (Å²) in [6.45, 7) is 10.3. The fourth-order valence-electron chi connectivity index (χ4n) is 2.75. The van der Waals surface area contributed by atoms with Gasteiger partial charge in [-0.3, -0.25) is 4.98 Å². The Balaban J connectivity index is 2.12. The number of aromatic nitrogens is 3. The van der Waals surface area contributed by atoms with E-state index in [0.29, 0.717) is 12.4 Å². The second-order valence-corrected chi connectivity index (χ2v) is 6.46. The molecule has 0 unspecified atom stereocenters. The first kappa shape index (κ1) is 18.2. The maximum absolute atomic E-state index is 14.0. The molecule has 7 heteroatoms. The average Bonchev–Trinajstić information content (AvgIpc) is 2.61. The molecular weight excluding hydrogens is 353 g/mol. The number of fused-ring (bicyclic) bond motifs is 1. The molecule has 3 heterocycles. The van der Waals surface area contributed by atoms with Gasteiger partial charge in [0, 0.05) is 35.2 Å². The zero-order valence-corrected chi connectivity index (χ0v) is 15.2. The lowest BCUT2D eigenvalue weighted by molar-refractivity contribution is 0.622. The van der Waals surface area contributed by atoms with E-state index < -0.39 is 5.83 Å². The summed E-state index contributed by atoms with van der Waals surface area (Å²) in [5.74, 6) is 0.200. The molecule has 134 valence electrons. The number of nitrogens with zero attached hydrogens (tertiary/aromatic N) is 3. The van der Waals surface area contributed by atoms with Gasteiger partial charge in [-0.15, -0.1) is 0 Å². The molecule has 26 heavy (non-hydrogen) atoms. The molecule has 0 fully saturated rings. The van der Waals surface area contributed by atoms with E-state index >= 15 is 0 Å². The third-order valence-corrected chi connectivity index (χ3v) is 4.15. The van der Waals surface area contributed by atoms with E-state index in [1.54, 1.807) is 12.4 Å². The van der Waals surface area contributed by atoms with Crippen molar-refractivity contribution in [3.63, 3.8) is 0 Å². The predicted octanol–water partition coefficient (Wildman–Crippen LogP) is 4.19. The first-order valence-corrected chi connectivity index (χ1v) is 8.53. The number of halogens is 2. The predicted molar refractivity (Wildman–Crippen MR) is 103 cm³/mol. The lowest BCUT2D eigenvalue weighted by Crippen LogP contribution is -2.26. The lowest BCUT2D eigenvalue weighted by Gasteiger charge is -2.21. The third-order valence-electron chi connectivity index (χ3n) is 4.04. The molecule has 0 atom stereocenters. The minimum Gasteiger partial charge on any atom is -0.340 e. The standard InChI is InChI=1S/C19H19ClFN5/c1-11-9-22-7-5-16(11)24-18-14-4-6-23-10-17(14)25-19(26-18)15(13(3)21)8-12(2)20/h5,7-9,23H,2-4,6,10H2,1H3,(H,22,24,25,26)/b15-8+. The number of pyridine rings is 1. The Bertz CT molecular complexity index is 907. The van der Waals surface area contributed by atoms with Crippen LogP contribution < -0.4 is 10.6 Å². The Morgan fingerprint density at radius 2 is 2.19 bits per heavy atom. The lowest BCUT2D eigenvalue weighted by atomic mass is 10.1. The van der Waals surface area contributed by atoms with Crippen LogP contribution in [-0.2, 0) is 13.0 Å². The highest BCUT2D eigenvalue weighted by atomic mass is 35.5. The summed E-state index contributed by atoms with van der Waals surface area (Å²) in [5, 5.41) is 6.78. The first-order chi connectivity index (χ1) is 12.5. The van der Waals surface area contributed by atoms with E-state index in [1.165, 1.54) is 6.08 Å². The summed E-state index contributed by atoms with van der Waals surface area (Å²) in [4.78, 5) is 13.2. The van der Waals surface area contributed by atoms with Crippen LogP contribution in [0.2, 0.25) is 0 Å². The normalized spacial score (nSPS) is 13.9. The average molecular weight is 372 g/mol. The van der Waals surface area contributed by atoms with E-state index in [4.69, 9.17) is 11.6 Å². The van der Waals surface area contributed by atoms with Gasteiger partial charge in [0.15, 0.2) is 5.82 Å². The van der Waals surface area contributed by atoms with Gasteiger partial charge in [0.05, 0.1) is 11.3 Å². The van der Waals surface area contributed by atoms with Crippen LogP contribution in [0, 0.1) is 6.92 Å². The molecule has 0 amide bonds. The van der Waals surface area contributed by atoms with Gasteiger partial charge in [0.25, 0.3) is 0 Å². The molecule has 0 radical (unpaired) electrons. The Labute approximate surface area is 156 Å². The number of nitrogens with one attached hydrogen (secondary N) is 2. The van der Waals surface area contributed by atoms with Crippen molar-refractivity contribution in [3.05, 3.63) is 71.2 Å². The summed E-state index contributed by atoms with van der Waals surface area (Å²) in [6, 6.07) is 1.87. The van der Waals surface area contributed by atoms with Crippen molar-refractivity contribution >= 4 is 28.7 Å². The molecule has 0 saturated heterocycles. The maximum Gasteiger partial charge on any atom is 0.164 e. The van der Waals surface area contributed by atoms with E-state index in [9.17, 15) is 4.39 Å². The van der Waals surface area contributed by atoms with Crippen molar-refractivity contribution in [3.8, 4) is 0 Å². The van der Waals surface area contributed by atoms with E-state index in [0.717, 1.165) is 35.5 Å². The molecule has 2 N–H and O–H groups in total. The number of hydrogen-bond acceptors (Lipinski definition) is 5. The van der Waals surface area contributed by atoms with Gasteiger partial charge in [0.2, 0.25) is 0 Å². The minimum absolute atomic E-state index is 0.118. The van der Waals surface area contributed by atoms with Crippen LogP contribution in [0.4, 0.5) is 15.9 Å². The van der Waals surface area contributed by atoms with Gasteiger partial charge < -0.3 is 10.6 Å². The number of aryl methyl sites for hydroxylation is 1. The molecule has 0 aromatic carbocycles. The molecule has 0 saturated carbocycles. The molecule has 2 aromatic heterocycles. The molecular formula is C19H19ClFN5. The molecule has 2 aromatic rings. The van der Waals surface area contributed by atoms with Crippen LogP contribution in [0.3, 0.4) is 0 Å². The first-order valence-electron chi connectivity index (χ1n) is 8.15. The van der Waals surface area contributed by atoms with Crippen molar-refractivity contribution in [2.24, 2.45) is 0 Å². The zero-order valence-electron chi connectivity index (χ0n) is 14.4. The van der Waals surface area contributed by atoms with E-state index in [-0.39, 0.29) is 16.4 Å². The highest BCUT2D eigenvalue weighted by Crippen LogP contribution is 2.29. The van der Waals surface area contributed by atoms with Crippen LogP contribution in [0.15, 0.2) is 48.6 Å². The van der Waals surface area contributed by atoms with Crippen molar-refractivity contribution in [2.45, 2.75) is 19.9 Å². The van der Waals surface area contributed by atoms with Gasteiger partial charge in [-0.05, 0) is 37.6 Å². The molecule has 0 spiro atoms. The van der Waals surface area contributed by atoms with E-state index in [1.807, 2.05) is 13.0 Å². The fourth-order valence-corrected chi connectivity index (χ4v) is 2.85. The highest BCUT2D eigenvalue weighted by molar-refractivity contribution is 6.31. The molecule has 5 nitrogen and oxygen atoms in total. The fraction of sp³-hybridized carbons (Fsp3) is 0.211. The van der Waals surface area contributed by atoms with E-state index in [2.05, 4.69) is 38.7 Å². The maximum atomic E-state index is 14.0. The molecule has 3 rings (SSSR count). The van der Waals surface area contributed by atoms with Crippen LogP contribution in [0.1, 0.15) is 22.6 Å². The van der Waals surface area contributed by atoms with Crippen LogP contribution >= 0.6 is 11.6 Å². The van der Waals surface area contributed by atoms with Gasteiger partial charge in [-0.2, -0.15) is 0 Å².